The first-order valence-electron chi connectivity index (χ1n) is 17.8. The molecule has 2 aromatic carbocycles. The van der Waals surface area contributed by atoms with Crippen molar-refractivity contribution in [2.24, 2.45) is 0 Å². The Labute approximate surface area is 318 Å². The molecular weight excluding hydrogens is 740 g/mol. The number of hydrogen-bond donors (Lipinski definition) is 6. The van der Waals surface area contributed by atoms with Gasteiger partial charge in [0.15, 0.2) is 11.9 Å². The number of aliphatic hydroxyl groups excluding tert-OH is 2. The SMILES string of the molecule is CC(C)c1cc(-c2n[nH]c(=O)n2-c2ccc(CN3CCN(C(=O)CN(C)CC(=O)Nc4ccn([C@@H]5O[C@H](CO)[C@@H](O)C5(F)F)c(=O)n4)CC3)cc2)c(O)cc1O. The highest BCUT2D eigenvalue weighted by Gasteiger charge is 2.59. The van der Waals surface area contributed by atoms with Crippen LogP contribution in [0.15, 0.2) is 58.3 Å². The van der Waals surface area contributed by atoms with Gasteiger partial charge >= 0.3 is 17.3 Å². The van der Waals surface area contributed by atoms with E-state index in [9.17, 15) is 48.4 Å². The van der Waals surface area contributed by atoms with Crippen molar-refractivity contribution in [3.8, 4) is 28.6 Å². The molecular formula is C36H43F2N9O9. The number of halogens is 2. The molecule has 2 aromatic heterocycles. The number of likely N-dealkylation sites (N-methyl/N-ethyl adjacent to an activating group) is 1. The van der Waals surface area contributed by atoms with Gasteiger partial charge in [-0.25, -0.2) is 19.3 Å². The maximum atomic E-state index is 14.5. The molecule has 56 heavy (non-hydrogen) atoms. The second kappa shape index (κ2) is 16.3. The van der Waals surface area contributed by atoms with Crippen LogP contribution in [0.25, 0.3) is 17.1 Å². The van der Waals surface area contributed by atoms with Gasteiger partial charge in [0.1, 0.15) is 23.4 Å². The van der Waals surface area contributed by atoms with Gasteiger partial charge in [-0.05, 0) is 48.4 Å². The number of carbonyl (C=O) groups excluding carboxylic acids is 2. The van der Waals surface area contributed by atoms with Crippen LogP contribution in [-0.2, 0) is 20.9 Å². The summed E-state index contributed by atoms with van der Waals surface area (Å²) in [5.41, 5.74) is 0.722. The van der Waals surface area contributed by atoms with Gasteiger partial charge in [-0.3, -0.25) is 24.0 Å². The monoisotopic (exact) mass is 783 g/mol. The average molecular weight is 784 g/mol. The first kappa shape index (κ1) is 40.1. The zero-order chi connectivity index (χ0) is 40.5. The van der Waals surface area contributed by atoms with E-state index in [0.717, 1.165) is 17.8 Å². The Morgan fingerprint density at radius 2 is 1.75 bits per heavy atom. The summed E-state index contributed by atoms with van der Waals surface area (Å²) in [6.07, 6.45) is -5.19. The van der Waals surface area contributed by atoms with E-state index in [4.69, 9.17) is 4.74 Å². The van der Waals surface area contributed by atoms with Gasteiger partial charge in [-0.2, -0.15) is 18.9 Å². The van der Waals surface area contributed by atoms with E-state index in [1.165, 1.54) is 15.5 Å². The number of H-pyrrole nitrogens is 1. The van der Waals surface area contributed by atoms with E-state index >= 15 is 0 Å². The van der Waals surface area contributed by atoms with E-state index in [1.54, 1.807) is 30.1 Å². The lowest BCUT2D eigenvalue weighted by molar-refractivity contribution is -0.141. The second-order valence-electron chi connectivity index (χ2n) is 14.1. The second-order valence-corrected chi connectivity index (χ2v) is 14.1. The average Bonchev–Trinajstić information content (AvgIpc) is 3.63. The van der Waals surface area contributed by atoms with Crippen LogP contribution in [0.1, 0.15) is 37.1 Å². The number of hydrogen-bond acceptors (Lipinski definition) is 13. The first-order valence-corrected chi connectivity index (χ1v) is 17.8. The maximum Gasteiger partial charge on any atom is 0.351 e. The van der Waals surface area contributed by atoms with Crippen molar-refractivity contribution in [1.82, 2.24) is 39.0 Å². The third-order valence-electron chi connectivity index (χ3n) is 9.73. The van der Waals surface area contributed by atoms with Gasteiger partial charge in [0.2, 0.25) is 18.0 Å². The summed E-state index contributed by atoms with van der Waals surface area (Å²) >= 11 is 0. The molecule has 0 saturated carbocycles. The Morgan fingerprint density at radius 1 is 1.05 bits per heavy atom. The number of phenols is 2. The van der Waals surface area contributed by atoms with E-state index in [0.29, 0.717) is 54.1 Å². The molecule has 2 saturated heterocycles. The molecule has 6 N–H and O–H groups in total. The fraction of sp³-hybridized carbons (Fsp3) is 0.444. The maximum absolute atomic E-state index is 14.5. The van der Waals surface area contributed by atoms with Gasteiger partial charge in [0.25, 0.3) is 0 Å². The molecule has 0 unspecified atom stereocenters. The number of ether oxygens (including phenoxy) is 1. The molecule has 20 heteroatoms. The van der Waals surface area contributed by atoms with Crippen LogP contribution in [-0.4, -0.2) is 142 Å². The summed E-state index contributed by atoms with van der Waals surface area (Å²) in [5.74, 6) is -4.99. The number of amides is 2. The van der Waals surface area contributed by atoms with Crippen molar-refractivity contribution in [3.05, 3.63) is 80.8 Å². The van der Waals surface area contributed by atoms with Gasteiger partial charge in [0, 0.05) is 45.0 Å². The minimum absolute atomic E-state index is 0.0389. The fourth-order valence-electron chi connectivity index (χ4n) is 6.71. The normalized spacial score (nSPS) is 19.9. The highest BCUT2D eigenvalue weighted by molar-refractivity contribution is 5.91. The molecule has 2 aliphatic rings. The zero-order valence-corrected chi connectivity index (χ0v) is 30.8. The smallest absolute Gasteiger partial charge is 0.351 e. The largest absolute Gasteiger partial charge is 0.508 e. The Morgan fingerprint density at radius 3 is 2.38 bits per heavy atom. The molecule has 300 valence electrons. The van der Waals surface area contributed by atoms with Crippen LogP contribution >= 0.6 is 0 Å². The Balaban J connectivity index is 0.977. The summed E-state index contributed by atoms with van der Waals surface area (Å²) in [6.45, 7) is 5.31. The number of anilines is 1. The van der Waals surface area contributed by atoms with Crippen molar-refractivity contribution in [1.29, 1.82) is 0 Å². The van der Waals surface area contributed by atoms with Crippen LogP contribution in [0.5, 0.6) is 11.5 Å². The minimum Gasteiger partial charge on any atom is -0.508 e. The third-order valence-corrected chi connectivity index (χ3v) is 9.73. The molecule has 18 nitrogen and oxygen atoms in total. The third kappa shape index (κ3) is 8.33. The summed E-state index contributed by atoms with van der Waals surface area (Å²) in [5, 5.41) is 48.7. The zero-order valence-electron chi connectivity index (χ0n) is 30.8. The number of nitrogens with one attached hydrogen (secondary N) is 2. The number of rotatable bonds is 12. The number of aromatic nitrogens is 5. The minimum atomic E-state index is -3.88. The number of alkyl halides is 2. The number of aliphatic hydroxyl groups is 2. The van der Waals surface area contributed by atoms with Crippen LogP contribution in [0.4, 0.5) is 14.6 Å². The van der Waals surface area contributed by atoms with Crippen LogP contribution < -0.4 is 16.7 Å². The first-order chi connectivity index (χ1) is 26.6. The van der Waals surface area contributed by atoms with Crippen LogP contribution in [0.2, 0.25) is 0 Å². The number of nitrogens with zero attached hydrogens (tertiary/aromatic N) is 7. The molecule has 2 aliphatic heterocycles. The molecule has 0 radical (unpaired) electrons. The number of carbonyl (C=O) groups is 2. The van der Waals surface area contributed by atoms with E-state index < -0.39 is 48.3 Å². The summed E-state index contributed by atoms with van der Waals surface area (Å²) in [7, 11) is 1.57. The number of aromatic amines is 1. The standard InChI is InChI=1S/C36H43F2N9O9/c1-20(2)23-14-24(26(50)15-25(23)49)32-41-42-35(55)47(32)22-6-4-21(5-7-22)16-44-10-12-45(13-11-44)30(52)18-43(3)17-29(51)39-28-8-9-46(34(54)40-28)33-36(37,38)31(53)27(19-48)56-33/h4-9,14-15,20,27,31,33,48-50,53H,10-13,16-19H2,1-3H3,(H,42,55)(H,39,40,51,54)/t27-,31-,33-/m1/s1. The number of aromatic hydroxyl groups is 2. The van der Waals surface area contributed by atoms with Crippen molar-refractivity contribution >= 4 is 17.6 Å². The van der Waals surface area contributed by atoms with Crippen molar-refractivity contribution in [2.75, 3.05) is 58.2 Å². The lowest BCUT2D eigenvalue weighted by atomic mass is 9.98. The fourth-order valence-corrected chi connectivity index (χ4v) is 6.71. The Bertz CT molecular complexity index is 2180. The van der Waals surface area contributed by atoms with Crippen LogP contribution in [0, 0.1) is 0 Å². The van der Waals surface area contributed by atoms with Crippen molar-refractivity contribution < 1.29 is 43.5 Å². The lowest BCUT2D eigenvalue weighted by Gasteiger charge is -2.35. The molecule has 0 aliphatic carbocycles. The van der Waals surface area contributed by atoms with Gasteiger partial charge in [-0.15, -0.1) is 0 Å². The van der Waals surface area contributed by atoms with Crippen molar-refractivity contribution in [2.45, 2.75) is 50.7 Å². The molecule has 3 atom stereocenters. The van der Waals surface area contributed by atoms with Gasteiger partial charge in [0.05, 0.1) is 30.9 Å². The molecule has 2 amide bonds. The van der Waals surface area contributed by atoms with E-state index in [1.807, 2.05) is 26.0 Å². The Kier molecular flexibility index (Phi) is 11.7. The molecule has 0 spiro atoms. The summed E-state index contributed by atoms with van der Waals surface area (Å²) in [6, 6.07) is 11.3. The topological polar surface area (TPSA) is 232 Å². The Hall–Kier alpha value is -5.54. The summed E-state index contributed by atoms with van der Waals surface area (Å²) in [4.78, 5) is 59.9. The molecule has 4 heterocycles. The summed E-state index contributed by atoms with van der Waals surface area (Å²) < 4.78 is 35.7. The van der Waals surface area contributed by atoms with Crippen molar-refractivity contribution in [3.63, 3.8) is 0 Å². The molecule has 2 fully saturated rings. The highest BCUT2D eigenvalue weighted by atomic mass is 19.3. The predicted octanol–water partition coefficient (Wildman–Crippen LogP) is 0.420. The van der Waals surface area contributed by atoms with E-state index in [-0.39, 0.29) is 48.1 Å². The molecule has 0 bridgehead atoms. The predicted molar refractivity (Wildman–Crippen MR) is 195 cm³/mol. The lowest BCUT2D eigenvalue weighted by Crippen LogP contribution is -2.51. The molecule has 6 rings (SSSR count). The van der Waals surface area contributed by atoms with Gasteiger partial charge in [-0.1, -0.05) is 26.0 Å². The quantitative estimate of drug-likeness (QED) is 0.115. The van der Waals surface area contributed by atoms with E-state index in [2.05, 4.69) is 25.4 Å². The number of piperazine rings is 1. The number of benzene rings is 2. The number of phenolic OH excluding ortho intramolecular Hbond substituents is 2. The highest BCUT2D eigenvalue weighted by Crippen LogP contribution is 2.42. The van der Waals surface area contributed by atoms with Crippen LogP contribution in [0.3, 0.4) is 0 Å². The van der Waals surface area contributed by atoms with Gasteiger partial charge < -0.3 is 35.4 Å². The molecule has 4 aromatic rings.